The molecular formula is C18H15BrN2O2S2. The Morgan fingerprint density at radius 1 is 1.08 bits per heavy atom. The Morgan fingerprint density at radius 2 is 1.80 bits per heavy atom. The molecule has 0 N–H and O–H groups in total. The molecule has 1 atom stereocenters. The Morgan fingerprint density at radius 3 is 2.44 bits per heavy atom. The molecule has 0 unspecified atom stereocenters. The molecule has 0 amide bonds. The Balaban J connectivity index is 1.62. The Bertz CT molecular complexity index is 985. The molecule has 0 spiro atoms. The van der Waals surface area contributed by atoms with Crippen LogP contribution < -0.4 is 0 Å². The molecule has 128 valence electrons. The fourth-order valence-corrected chi connectivity index (χ4v) is 5.88. The summed E-state index contributed by atoms with van der Waals surface area (Å²) in [5, 5.41) is 2.48. The van der Waals surface area contributed by atoms with Crippen molar-refractivity contribution >= 4 is 37.3 Å². The zero-order valence-corrected chi connectivity index (χ0v) is 16.4. The van der Waals surface area contributed by atoms with E-state index in [0.29, 0.717) is 11.6 Å². The lowest BCUT2D eigenvalue weighted by Gasteiger charge is -2.39. The maximum Gasteiger partial charge on any atom is 0.261 e. The van der Waals surface area contributed by atoms with E-state index in [0.717, 1.165) is 22.0 Å². The van der Waals surface area contributed by atoms with Crippen LogP contribution in [-0.2, 0) is 10.0 Å². The Labute approximate surface area is 159 Å². The quantitative estimate of drug-likeness (QED) is 0.597. The van der Waals surface area contributed by atoms with Crippen LogP contribution in [0.4, 0.5) is 0 Å². The molecule has 0 radical (unpaired) electrons. The molecule has 1 saturated heterocycles. The van der Waals surface area contributed by atoms with Crippen LogP contribution in [-0.4, -0.2) is 24.3 Å². The fourth-order valence-electron chi connectivity index (χ4n) is 2.88. The van der Waals surface area contributed by atoms with Gasteiger partial charge in [-0.2, -0.15) is 4.31 Å². The molecule has 2 heterocycles. The van der Waals surface area contributed by atoms with Crippen LogP contribution in [0.2, 0.25) is 0 Å². The molecule has 0 aliphatic carbocycles. The maximum atomic E-state index is 13.0. The Hall–Kier alpha value is -1.54. The molecule has 0 saturated carbocycles. The van der Waals surface area contributed by atoms with Crippen LogP contribution in [0.5, 0.6) is 0 Å². The van der Waals surface area contributed by atoms with Gasteiger partial charge >= 0.3 is 0 Å². The van der Waals surface area contributed by atoms with Gasteiger partial charge in [-0.15, -0.1) is 11.3 Å². The van der Waals surface area contributed by atoms with Gasteiger partial charge in [0.1, 0.15) is 5.01 Å². The number of hydrogen-bond acceptors (Lipinski definition) is 4. The lowest BCUT2D eigenvalue weighted by molar-refractivity contribution is 0.201. The predicted molar refractivity (Wildman–Crippen MR) is 103 cm³/mol. The average Bonchev–Trinajstić information content (AvgIpc) is 3.06. The smallest absolute Gasteiger partial charge is 0.223 e. The monoisotopic (exact) mass is 434 g/mol. The van der Waals surface area contributed by atoms with Gasteiger partial charge in [0, 0.05) is 22.0 Å². The van der Waals surface area contributed by atoms with Crippen LogP contribution in [0.15, 0.2) is 69.5 Å². The highest BCUT2D eigenvalue weighted by molar-refractivity contribution is 9.10. The number of hydrogen-bond donors (Lipinski definition) is 0. The molecule has 1 aromatic heterocycles. The van der Waals surface area contributed by atoms with Gasteiger partial charge in [0.2, 0.25) is 0 Å². The number of thiazole rings is 1. The molecule has 4 nitrogen and oxygen atoms in total. The van der Waals surface area contributed by atoms with Gasteiger partial charge in [0.05, 0.1) is 6.04 Å². The number of nitrogens with zero attached hydrogens (tertiary/aromatic N) is 2. The first-order valence-corrected chi connectivity index (χ1v) is 11.0. The second kappa shape index (κ2) is 6.64. The maximum absolute atomic E-state index is 13.0. The van der Waals surface area contributed by atoms with Gasteiger partial charge in [-0.05, 0) is 24.1 Å². The van der Waals surface area contributed by atoms with E-state index >= 15 is 0 Å². The van der Waals surface area contributed by atoms with Crippen molar-refractivity contribution in [3.8, 4) is 10.6 Å². The first-order valence-electron chi connectivity index (χ1n) is 7.84. The molecular weight excluding hydrogens is 420 g/mol. The summed E-state index contributed by atoms with van der Waals surface area (Å²) in [4.78, 5) is 4.39. The summed E-state index contributed by atoms with van der Waals surface area (Å²) in [6.07, 6.45) is 0.840. The van der Waals surface area contributed by atoms with Crippen molar-refractivity contribution in [2.45, 2.75) is 17.5 Å². The van der Waals surface area contributed by atoms with Crippen molar-refractivity contribution < 1.29 is 8.42 Å². The van der Waals surface area contributed by atoms with Gasteiger partial charge < -0.3 is 0 Å². The number of rotatable bonds is 4. The summed E-state index contributed by atoms with van der Waals surface area (Å²) in [5.41, 5.74) is 1.94. The lowest BCUT2D eigenvalue weighted by Crippen LogP contribution is -2.45. The fraction of sp³-hybridized carbons (Fsp3) is 0.167. The third-order valence-corrected chi connectivity index (χ3v) is 7.66. The standard InChI is InChI=1S/C18H15BrN2O2S2/c19-15-8-6-14(7-9-15)18-20-17(12-24-18)25(22,23)21-11-10-16(21)13-4-2-1-3-5-13/h1-9,12,16H,10-11H2/t16-/m1/s1. The number of sulfonamides is 1. The van der Waals surface area contributed by atoms with E-state index in [1.54, 1.807) is 9.69 Å². The first kappa shape index (κ1) is 16.9. The van der Waals surface area contributed by atoms with Gasteiger partial charge in [-0.1, -0.05) is 58.4 Å². The van der Waals surface area contributed by atoms with Crippen molar-refractivity contribution in [3.05, 3.63) is 70.0 Å². The van der Waals surface area contributed by atoms with Crippen LogP contribution >= 0.6 is 27.3 Å². The molecule has 1 aliphatic rings. The molecule has 25 heavy (non-hydrogen) atoms. The number of benzene rings is 2. The van der Waals surface area contributed by atoms with E-state index in [1.807, 2.05) is 54.6 Å². The van der Waals surface area contributed by atoms with Gasteiger partial charge in [-0.3, -0.25) is 0 Å². The summed E-state index contributed by atoms with van der Waals surface area (Å²) in [5.74, 6) is 0. The zero-order valence-electron chi connectivity index (χ0n) is 13.2. The zero-order chi connectivity index (χ0) is 17.4. The molecule has 4 rings (SSSR count). The van der Waals surface area contributed by atoms with E-state index in [1.165, 1.54) is 11.3 Å². The number of aromatic nitrogens is 1. The normalized spacial score (nSPS) is 18.0. The molecule has 0 bridgehead atoms. The summed E-state index contributed by atoms with van der Waals surface area (Å²) < 4.78 is 28.4. The van der Waals surface area contributed by atoms with Gasteiger partial charge in [0.15, 0.2) is 5.03 Å². The summed E-state index contributed by atoms with van der Waals surface area (Å²) in [7, 11) is -3.57. The van der Waals surface area contributed by atoms with E-state index < -0.39 is 10.0 Å². The summed E-state index contributed by atoms with van der Waals surface area (Å²) in [6, 6.07) is 17.4. The van der Waals surface area contributed by atoms with Crippen molar-refractivity contribution in [3.63, 3.8) is 0 Å². The third kappa shape index (κ3) is 3.17. The van der Waals surface area contributed by atoms with Crippen LogP contribution in [0.3, 0.4) is 0 Å². The van der Waals surface area contributed by atoms with Gasteiger partial charge in [-0.25, -0.2) is 13.4 Å². The third-order valence-electron chi connectivity index (χ3n) is 4.30. The van der Waals surface area contributed by atoms with Crippen LogP contribution in [0.1, 0.15) is 18.0 Å². The van der Waals surface area contributed by atoms with Crippen molar-refractivity contribution in [1.82, 2.24) is 9.29 Å². The summed E-state index contributed by atoms with van der Waals surface area (Å²) >= 11 is 4.75. The minimum atomic E-state index is -3.57. The molecule has 7 heteroatoms. The average molecular weight is 435 g/mol. The van der Waals surface area contributed by atoms with Crippen molar-refractivity contribution in [2.75, 3.05) is 6.54 Å². The lowest BCUT2D eigenvalue weighted by atomic mass is 9.98. The van der Waals surface area contributed by atoms with Crippen LogP contribution in [0, 0.1) is 0 Å². The van der Waals surface area contributed by atoms with E-state index in [4.69, 9.17) is 0 Å². The summed E-state index contributed by atoms with van der Waals surface area (Å²) in [6.45, 7) is 0.535. The molecule has 1 aliphatic heterocycles. The van der Waals surface area contributed by atoms with E-state index in [-0.39, 0.29) is 11.1 Å². The van der Waals surface area contributed by atoms with Crippen molar-refractivity contribution in [2.24, 2.45) is 0 Å². The highest BCUT2D eigenvalue weighted by Gasteiger charge is 2.40. The van der Waals surface area contributed by atoms with E-state index in [2.05, 4.69) is 20.9 Å². The minimum absolute atomic E-state index is 0.0935. The molecule has 1 fully saturated rings. The SMILES string of the molecule is O=S(=O)(c1csc(-c2ccc(Br)cc2)n1)N1CC[C@@H]1c1ccccc1. The second-order valence-electron chi connectivity index (χ2n) is 5.83. The minimum Gasteiger partial charge on any atom is -0.223 e. The second-order valence-corrected chi connectivity index (χ2v) is 9.44. The predicted octanol–water partition coefficient (Wildman–Crippen LogP) is 4.71. The first-order chi connectivity index (χ1) is 12.1. The Kier molecular flexibility index (Phi) is 4.49. The van der Waals surface area contributed by atoms with E-state index in [9.17, 15) is 8.42 Å². The highest BCUT2D eigenvalue weighted by Crippen LogP contribution is 2.38. The van der Waals surface area contributed by atoms with Crippen molar-refractivity contribution in [1.29, 1.82) is 0 Å². The van der Waals surface area contributed by atoms with Gasteiger partial charge in [0.25, 0.3) is 10.0 Å². The largest absolute Gasteiger partial charge is 0.261 e. The molecule has 2 aromatic carbocycles. The highest BCUT2D eigenvalue weighted by atomic mass is 79.9. The van der Waals surface area contributed by atoms with Crippen LogP contribution in [0.25, 0.3) is 10.6 Å². The topological polar surface area (TPSA) is 50.3 Å². The number of halogens is 1. The molecule has 3 aromatic rings.